The number of hydrogen-bond acceptors (Lipinski definition) is 3. The number of nitrogens with one attached hydrogen (secondary N) is 2. The lowest BCUT2D eigenvalue weighted by atomic mass is 9.99. The Morgan fingerprint density at radius 2 is 1.51 bits per heavy atom. The molecule has 1 atom stereocenters. The minimum Gasteiger partial charge on any atom is -0.480 e. The van der Waals surface area contributed by atoms with Crippen molar-refractivity contribution in [2.24, 2.45) is 0 Å². The topological polar surface area (TPSA) is 98.7 Å². The van der Waals surface area contributed by atoms with Gasteiger partial charge in [-0.25, -0.2) is 9.59 Å². The van der Waals surface area contributed by atoms with Gasteiger partial charge in [0.1, 0.15) is 6.04 Å². The van der Waals surface area contributed by atoms with E-state index in [-0.39, 0.29) is 11.9 Å². The standard InChI is InChI=1S/C28H29N3O4/c1-18-6-15-24(19(2)17-18)30-28(35)29-23-13-11-21(12-14-23)20-7-9-22(10-8-20)26(32)31-16-4-3-5-25(31)27(33)34/h6-15,17,25H,3-5,16H2,1-2H3,(H,33,34)(H2,29,30,35)/t25-/m0/s1. The largest absolute Gasteiger partial charge is 0.480 e. The molecule has 0 aromatic heterocycles. The van der Waals surface area contributed by atoms with Crippen molar-refractivity contribution in [3.8, 4) is 11.1 Å². The first-order valence-electron chi connectivity index (χ1n) is 11.7. The van der Waals surface area contributed by atoms with Crippen LogP contribution in [-0.2, 0) is 4.79 Å². The summed E-state index contributed by atoms with van der Waals surface area (Å²) in [6.45, 7) is 4.42. The van der Waals surface area contributed by atoms with Crippen LogP contribution in [0.1, 0.15) is 40.7 Å². The number of carbonyl (C=O) groups excluding carboxylic acids is 2. The minimum absolute atomic E-state index is 0.252. The number of rotatable bonds is 5. The van der Waals surface area contributed by atoms with E-state index >= 15 is 0 Å². The summed E-state index contributed by atoms with van der Waals surface area (Å²) in [6, 6.07) is 19.4. The zero-order valence-electron chi connectivity index (χ0n) is 19.9. The number of aliphatic carboxylic acids is 1. The first kappa shape index (κ1) is 24.0. The third kappa shape index (κ3) is 5.69. The molecule has 3 aromatic rings. The Morgan fingerprint density at radius 1 is 0.857 bits per heavy atom. The molecule has 7 nitrogen and oxygen atoms in total. The highest BCUT2D eigenvalue weighted by Crippen LogP contribution is 2.25. The number of carboxylic acids is 1. The van der Waals surface area contributed by atoms with Crippen molar-refractivity contribution in [1.29, 1.82) is 0 Å². The molecule has 3 N–H and O–H groups in total. The number of urea groups is 1. The van der Waals surface area contributed by atoms with Gasteiger partial charge in [-0.05, 0) is 80.1 Å². The molecule has 1 aliphatic heterocycles. The number of benzene rings is 3. The second-order valence-electron chi connectivity index (χ2n) is 8.90. The third-order valence-electron chi connectivity index (χ3n) is 6.29. The Labute approximate surface area is 204 Å². The van der Waals surface area contributed by atoms with Crippen molar-refractivity contribution in [2.45, 2.75) is 39.2 Å². The van der Waals surface area contributed by atoms with Crippen LogP contribution in [0, 0.1) is 13.8 Å². The van der Waals surface area contributed by atoms with Gasteiger partial charge in [-0.2, -0.15) is 0 Å². The molecule has 0 radical (unpaired) electrons. The number of carbonyl (C=O) groups is 3. The molecule has 0 aliphatic carbocycles. The summed E-state index contributed by atoms with van der Waals surface area (Å²) in [5, 5.41) is 15.1. The fourth-order valence-corrected chi connectivity index (χ4v) is 4.39. The summed E-state index contributed by atoms with van der Waals surface area (Å²) in [5.41, 5.74) is 5.88. The molecular weight excluding hydrogens is 442 g/mol. The van der Waals surface area contributed by atoms with E-state index in [2.05, 4.69) is 10.6 Å². The van der Waals surface area contributed by atoms with Crippen LogP contribution < -0.4 is 10.6 Å². The first-order chi connectivity index (χ1) is 16.8. The molecule has 3 aromatic carbocycles. The third-order valence-corrected chi connectivity index (χ3v) is 6.29. The number of carboxylic acid groups (broad SMARTS) is 1. The van der Waals surface area contributed by atoms with E-state index in [0.29, 0.717) is 24.2 Å². The summed E-state index contributed by atoms with van der Waals surface area (Å²) in [6.07, 6.45) is 2.12. The minimum atomic E-state index is -0.953. The molecule has 1 heterocycles. The summed E-state index contributed by atoms with van der Waals surface area (Å²) in [5.74, 6) is -1.20. The summed E-state index contributed by atoms with van der Waals surface area (Å²) < 4.78 is 0. The van der Waals surface area contributed by atoms with Crippen LogP contribution in [0.25, 0.3) is 11.1 Å². The lowest BCUT2D eigenvalue weighted by Gasteiger charge is -2.33. The molecule has 0 bridgehead atoms. The number of anilines is 2. The van der Waals surface area contributed by atoms with E-state index in [0.717, 1.165) is 40.8 Å². The van der Waals surface area contributed by atoms with Crippen LogP contribution in [0.2, 0.25) is 0 Å². The van der Waals surface area contributed by atoms with E-state index in [9.17, 15) is 19.5 Å². The van der Waals surface area contributed by atoms with Crippen LogP contribution in [-0.4, -0.2) is 40.5 Å². The average molecular weight is 472 g/mol. The monoisotopic (exact) mass is 471 g/mol. The van der Waals surface area contributed by atoms with Gasteiger partial charge in [0.2, 0.25) is 0 Å². The predicted octanol–water partition coefficient (Wildman–Crippen LogP) is 5.69. The first-order valence-corrected chi connectivity index (χ1v) is 11.7. The zero-order valence-corrected chi connectivity index (χ0v) is 19.9. The second-order valence-corrected chi connectivity index (χ2v) is 8.90. The highest BCUT2D eigenvalue weighted by atomic mass is 16.4. The molecule has 0 spiro atoms. The van der Waals surface area contributed by atoms with Crippen LogP contribution >= 0.6 is 0 Å². The Kier molecular flexibility index (Phi) is 7.15. The Bertz CT molecular complexity index is 1240. The molecule has 4 rings (SSSR count). The van der Waals surface area contributed by atoms with Crippen molar-refractivity contribution in [2.75, 3.05) is 17.2 Å². The number of nitrogens with zero attached hydrogens (tertiary/aromatic N) is 1. The molecular formula is C28H29N3O4. The molecule has 1 saturated heterocycles. The maximum atomic E-state index is 12.9. The average Bonchev–Trinajstić information content (AvgIpc) is 2.86. The fourth-order valence-electron chi connectivity index (χ4n) is 4.39. The van der Waals surface area contributed by atoms with E-state index in [1.807, 2.05) is 68.4 Å². The van der Waals surface area contributed by atoms with E-state index in [1.165, 1.54) is 4.90 Å². The fraction of sp³-hybridized carbons (Fsp3) is 0.250. The molecule has 3 amide bonds. The molecule has 0 unspecified atom stereocenters. The number of likely N-dealkylation sites (tertiary alicyclic amines) is 1. The summed E-state index contributed by atoms with van der Waals surface area (Å²) in [7, 11) is 0. The van der Waals surface area contributed by atoms with Gasteiger partial charge in [0.15, 0.2) is 0 Å². The molecule has 0 saturated carbocycles. The highest BCUT2D eigenvalue weighted by Gasteiger charge is 2.32. The van der Waals surface area contributed by atoms with Crippen LogP contribution in [0.15, 0.2) is 66.7 Å². The molecule has 1 fully saturated rings. The van der Waals surface area contributed by atoms with Gasteiger partial charge in [-0.1, -0.05) is 42.0 Å². The van der Waals surface area contributed by atoms with E-state index in [1.54, 1.807) is 12.1 Å². The normalized spacial score (nSPS) is 15.4. The molecule has 35 heavy (non-hydrogen) atoms. The Hall–Kier alpha value is -4.13. The number of piperidine rings is 1. The van der Waals surface area contributed by atoms with Crippen LogP contribution in [0.4, 0.5) is 16.2 Å². The van der Waals surface area contributed by atoms with E-state index < -0.39 is 12.0 Å². The SMILES string of the molecule is Cc1ccc(NC(=O)Nc2ccc(-c3ccc(C(=O)N4CCCC[C@H]4C(=O)O)cc3)cc2)c(C)c1. The van der Waals surface area contributed by atoms with Gasteiger partial charge in [-0.15, -0.1) is 0 Å². The van der Waals surface area contributed by atoms with Crippen molar-refractivity contribution < 1.29 is 19.5 Å². The van der Waals surface area contributed by atoms with Crippen LogP contribution in [0.3, 0.4) is 0 Å². The predicted molar refractivity (Wildman–Crippen MR) is 137 cm³/mol. The van der Waals surface area contributed by atoms with Gasteiger partial charge >= 0.3 is 12.0 Å². The van der Waals surface area contributed by atoms with Crippen molar-refractivity contribution >= 4 is 29.3 Å². The zero-order chi connectivity index (χ0) is 24.9. The number of hydrogen-bond donors (Lipinski definition) is 3. The summed E-state index contributed by atoms with van der Waals surface area (Å²) in [4.78, 5) is 38.3. The maximum absolute atomic E-state index is 12.9. The van der Waals surface area contributed by atoms with Crippen molar-refractivity contribution in [1.82, 2.24) is 4.90 Å². The van der Waals surface area contributed by atoms with Gasteiger partial charge in [0, 0.05) is 23.5 Å². The van der Waals surface area contributed by atoms with Crippen molar-refractivity contribution in [3.05, 3.63) is 83.4 Å². The lowest BCUT2D eigenvalue weighted by Crippen LogP contribution is -2.47. The smallest absolute Gasteiger partial charge is 0.326 e. The molecule has 1 aliphatic rings. The van der Waals surface area contributed by atoms with Crippen LogP contribution in [0.5, 0.6) is 0 Å². The number of aryl methyl sites for hydroxylation is 2. The quantitative estimate of drug-likeness (QED) is 0.445. The molecule has 7 heteroatoms. The number of amides is 3. The second kappa shape index (κ2) is 10.4. The Balaban J connectivity index is 1.39. The van der Waals surface area contributed by atoms with Gasteiger partial charge in [-0.3, -0.25) is 4.79 Å². The van der Waals surface area contributed by atoms with Gasteiger partial charge < -0.3 is 20.6 Å². The van der Waals surface area contributed by atoms with E-state index in [4.69, 9.17) is 0 Å². The van der Waals surface area contributed by atoms with Crippen molar-refractivity contribution in [3.63, 3.8) is 0 Å². The summed E-state index contributed by atoms with van der Waals surface area (Å²) >= 11 is 0. The lowest BCUT2D eigenvalue weighted by molar-refractivity contribution is -0.143. The maximum Gasteiger partial charge on any atom is 0.326 e. The highest BCUT2D eigenvalue weighted by molar-refractivity contribution is 6.00. The Morgan fingerprint density at radius 3 is 2.14 bits per heavy atom. The van der Waals surface area contributed by atoms with Gasteiger partial charge in [0.05, 0.1) is 0 Å². The van der Waals surface area contributed by atoms with Gasteiger partial charge in [0.25, 0.3) is 5.91 Å². The molecule has 180 valence electrons.